The fourth-order valence-electron chi connectivity index (χ4n) is 4.17. The molecule has 0 spiro atoms. The zero-order valence-corrected chi connectivity index (χ0v) is 18.9. The van der Waals surface area contributed by atoms with Crippen LogP contribution in [0.3, 0.4) is 0 Å². The molecular formula is C22H25Cl2FN2O5. The van der Waals surface area contributed by atoms with Crippen molar-refractivity contribution >= 4 is 23.2 Å². The summed E-state index contributed by atoms with van der Waals surface area (Å²) in [6.07, 6.45) is 5.16. The molecule has 0 bridgehead atoms. The van der Waals surface area contributed by atoms with Crippen LogP contribution in [0, 0.1) is 5.82 Å². The van der Waals surface area contributed by atoms with Gasteiger partial charge in [-0.05, 0) is 30.5 Å². The molecule has 2 aromatic rings. The van der Waals surface area contributed by atoms with Crippen molar-refractivity contribution in [3.05, 3.63) is 66.7 Å². The molecule has 2 aliphatic rings. The zero-order chi connectivity index (χ0) is 22.7. The van der Waals surface area contributed by atoms with E-state index in [0.717, 1.165) is 42.0 Å². The molecule has 0 amide bonds. The van der Waals surface area contributed by atoms with Crippen molar-refractivity contribution < 1.29 is 18.6 Å². The average Bonchev–Trinajstić information content (AvgIpc) is 3.17. The minimum atomic E-state index is -1.06. The molecule has 1 aromatic carbocycles. The van der Waals surface area contributed by atoms with E-state index in [1.54, 1.807) is 18.2 Å². The number of aromatic nitrogens is 2. The maximum Gasteiger partial charge on any atom is 0.330 e. The van der Waals surface area contributed by atoms with Crippen LogP contribution in [0.1, 0.15) is 50.3 Å². The quantitative estimate of drug-likeness (QED) is 0.633. The molecular weight excluding hydrogens is 462 g/mol. The summed E-state index contributed by atoms with van der Waals surface area (Å²) in [6, 6.07) is 5.15. The van der Waals surface area contributed by atoms with Crippen LogP contribution in [0.5, 0.6) is 0 Å². The normalized spacial score (nSPS) is 24.2. The summed E-state index contributed by atoms with van der Waals surface area (Å²) in [7, 11) is 0. The van der Waals surface area contributed by atoms with Crippen molar-refractivity contribution in [2.75, 3.05) is 6.61 Å². The lowest BCUT2D eigenvalue weighted by atomic mass is 9.98. The van der Waals surface area contributed by atoms with Gasteiger partial charge >= 0.3 is 5.69 Å². The maximum atomic E-state index is 13.8. The molecule has 1 saturated carbocycles. The number of aromatic amines is 1. The molecule has 32 heavy (non-hydrogen) atoms. The first-order valence-electron chi connectivity index (χ1n) is 10.7. The fourth-order valence-corrected chi connectivity index (χ4v) is 4.63. The third-order valence-corrected chi connectivity index (χ3v) is 6.52. The van der Waals surface area contributed by atoms with E-state index in [1.165, 1.54) is 6.42 Å². The Morgan fingerprint density at radius 1 is 1.16 bits per heavy atom. The topological polar surface area (TPSA) is 82.6 Å². The Bertz CT molecular complexity index is 1050. The number of H-pyrrole nitrogens is 1. The van der Waals surface area contributed by atoms with Crippen LogP contribution in [0.2, 0.25) is 10.0 Å². The van der Waals surface area contributed by atoms with Crippen LogP contribution in [0.4, 0.5) is 4.39 Å². The third-order valence-electron chi connectivity index (χ3n) is 5.93. The highest BCUT2D eigenvalue weighted by atomic mass is 35.5. The summed E-state index contributed by atoms with van der Waals surface area (Å²) < 4.78 is 33.1. The van der Waals surface area contributed by atoms with Gasteiger partial charge in [-0.1, -0.05) is 48.5 Å². The first-order valence-corrected chi connectivity index (χ1v) is 11.5. The van der Waals surface area contributed by atoms with Crippen LogP contribution >= 0.6 is 23.2 Å². The highest BCUT2D eigenvalue weighted by Gasteiger charge is 2.38. The Morgan fingerprint density at radius 2 is 1.94 bits per heavy atom. The number of rotatable bonds is 7. The van der Waals surface area contributed by atoms with E-state index in [9.17, 15) is 14.0 Å². The Labute approximate surface area is 194 Å². The average molecular weight is 487 g/mol. The maximum absolute atomic E-state index is 13.8. The van der Waals surface area contributed by atoms with E-state index in [-0.39, 0.29) is 19.1 Å². The predicted octanol–water partition coefficient (Wildman–Crippen LogP) is 4.20. The lowest BCUT2D eigenvalue weighted by Gasteiger charge is -2.25. The van der Waals surface area contributed by atoms with Gasteiger partial charge in [0.25, 0.3) is 5.56 Å². The number of ether oxygens (including phenoxy) is 3. The molecule has 2 heterocycles. The minimum Gasteiger partial charge on any atom is -0.375 e. The summed E-state index contributed by atoms with van der Waals surface area (Å²) in [6.45, 7) is 0.506. The molecule has 1 unspecified atom stereocenters. The van der Waals surface area contributed by atoms with Crippen LogP contribution in [-0.2, 0) is 20.8 Å². The molecule has 1 aliphatic heterocycles. The number of hydrogen-bond donors (Lipinski definition) is 1. The highest BCUT2D eigenvalue weighted by Crippen LogP contribution is 2.32. The van der Waals surface area contributed by atoms with Crippen LogP contribution < -0.4 is 11.2 Å². The van der Waals surface area contributed by atoms with Crippen molar-refractivity contribution in [1.82, 2.24) is 9.55 Å². The second kappa shape index (κ2) is 10.5. The van der Waals surface area contributed by atoms with E-state index in [0.29, 0.717) is 16.7 Å². The van der Waals surface area contributed by atoms with Crippen LogP contribution in [-0.4, -0.2) is 34.5 Å². The van der Waals surface area contributed by atoms with Gasteiger partial charge in [0.1, 0.15) is 12.3 Å². The number of nitrogens with zero attached hydrogens (tertiary/aromatic N) is 1. The second-order valence-electron chi connectivity index (χ2n) is 8.19. The van der Waals surface area contributed by atoms with Gasteiger partial charge in [0.2, 0.25) is 5.82 Å². The van der Waals surface area contributed by atoms with Gasteiger partial charge in [0.05, 0.1) is 31.6 Å². The number of hydrogen-bond acceptors (Lipinski definition) is 5. The lowest BCUT2D eigenvalue weighted by Crippen LogP contribution is -2.34. The van der Waals surface area contributed by atoms with Crippen molar-refractivity contribution in [3.8, 4) is 0 Å². The molecule has 1 aliphatic carbocycles. The number of benzene rings is 1. The van der Waals surface area contributed by atoms with Gasteiger partial charge in [0.15, 0.2) is 0 Å². The predicted molar refractivity (Wildman–Crippen MR) is 118 cm³/mol. The molecule has 1 aromatic heterocycles. The van der Waals surface area contributed by atoms with Gasteiger partial charge in [-0.3, -0.25) is 14.3 Å². The van der Waals surface area contributed by atoms with Crippen molar-refractivity contribution in [2.45, 2.75) is 69.7 Å². The monoisotopic (exact) mass is 486 g/mol. The largest absolute Gasteiger partial charge is 0.375 e. The second-order valence-corrected chi connectivity index (χ2v) is 9.03. The number of halogens is 3. The first-order chi connectivity index (χ1) is 15.4. The molecule has 3 atom stereocenters. The van der Waals surface area contributed by atoms with E-state index < -0.39 is 35.5 Å². The first kappa shape index (κ1) is 23.4. The van der Waals surface area contributed by atoms with Gasteiger partial charge < -0.3 is 14.2 Å². The summed E-state index contributed by atoms with van der Waals surface area (Å²) in [4.78, 5) is 25.6. The summed E-state index contributed by atoms with van der Waals surface area (Å²) in [5, 5.41) is 1.02. The van der Waals surface area contributed by atoms with Crippen molar-refractivity contribution in [2.24, 2.45) is 0 Å². The van der Waals surface area contributed by atoms with Gasteiger partial charge in [0, 0.05) is 16.5 Å². The van der Waals surface area contributed by atoms with Crippen molar-refractivity contribution in [3.63, 3.8) is 0 Å². The Balaban J connectivity index is 1.48. The molecule has 10 heteroatoms. The van der Waals surface area contributed by atoms with E-state index in [4.69, 9.17) is 37.4 Å². The molecule has 4 rings (SSSR count). The number of nitrogens with one attached hydrogen (secondary N) is 1. The third kappa shape index (κ3) is 5.61. The smallest absolute Gasteiger partial charge is 0.330 e. The van der Waals surface area contributed by atoms with Crippen LogP contribution in [0.25, 0.3) is 0 Å². The Morgan fingerprint density at radius 3 is 2.69 bits per heavy atom. The van der Waals surface area contributed by atoms with Crippen LogP contribution in [0.15, 0.2) is 34.0 Å². The molecule has 2 fully saturated rings. The minimum absolute atomic E-state index is 0.172. The van der Waals surface area contributed by atoms with Gasteiger partial charge in [-0.2, -0.15) is 4.39 Å². The van der Waals surface area contributed by atoms with Crippen molar-refractivity contribution in [1.29, 1.82) is 0 Å². The zero-order valence-electron chi connectivity index (χ0n) is 17.4. The molecule has 1 N–H and O–H groups in total. The molecule has 7 nitrogen and oxygen atoms in total. The SMILES string of the molecule is O=c1[nH]c(=O)n([C@@H]2CC(OCc3ccc(Cl)cc3Cl)[C@H](COC3CCCCC3)O2)cc1F. The summed E-state index contributed by atoms with van der Waals surface area (Å²) in [5.41, 5.74) is -1.04. The van der Waals surface area contributed by atoms with Gasteiger partial charge in [-0.25, -0.2) is 4.79 Å². The van der Waals surface area contributed by atoms with Gasteiger partial charge in [-0.15, -0.1) is 0 Å². The fraction of sp³-hybridized carbons (Fsp3) is 0.545. The van der Waals surface area contributed by atoms with E-state index in [1.807, 2.05) is 4.98 Å². The Hall–Kier alpha value is -1.71. The summed E-state index contributed by atoms with van der Waals surface area (Å²) >= 11 is 12.2. The highest BCUT2D eigenvalue weighted by molar-refractivity contribution is 6.35. The standard InChI is InChI=1S/C22H25Cl2FN2O5/c23-14-7-6-13(16(24)8-14)11-31-18-9-20(27-10-17(25)21(28)26-22(27)29)32-19(18)12-30-15-4-2-1-3-5-15/h6-8,10,15,18-20H,1-5,9,11-12H2,(H,26,28,29)/t18?,19-,20-/m0/s1. The summed E-state index contributed by atoms with van der Waals surface area (Å²) in [5.74, 6) is -1.06. The van der Waals surface area contributed by atoms with E-state index in [2.05, 4.69) is 0 Å². The Kier molecular flexibility index (Phi) is 7.68. The molecule has 174 valence electrons. The molecule has 0 radical (unpaired) electrons. The molecule has 1 saturated heterocycles. The van der Waals surface area contributed by atoms with E-state index >= 15 is 0 Å². The lowest BCUT2D eigenvalue weighted by molar-refractivity contribution is -0.0989.